The van der Waals surface area contributed by atoms with Crippen LogP contribution in [0.3, 0.4) is 0 Å². The lowest BCUT2D eigenvalue weighted by Gasteiger charge is -2.03. The van der Waals surface area contributed by atoms with E-state index in [1.807, 2.05) is 24.5 Å². The molecule has 6 nitrogen and oxygen atoms in total. The fourth-order valence-corrected chi connectivity index (χ4v) is 3.64. The average Bonchev–Trinajstić information content (AvgIpc) is 2.92. The number of carbonyl (C=O) groups is 1. The first-order chi connectivity index (χ1) is 12.4. The van der Waals surface area contributed by atoms with Gasteiger partial charge in [0.05, 0.1) is 21.7 Å². The maximum Gasteiger partial charge on any atom is 0.279 e. The minimum Gasteiger partial charge on any atom is -0.305 e. The van der Waals surface area contributed by atoms with Crippen molar-refractivity contribution in [3.05, 3.63) is 68.0 Å². The number of hydrogen-bond acceptors (Lipinski definition) is 4. The molecule has 0 saturated heterocycles. The summed E-state index contributed by atoms with van der Waals surface area (Å²) in [6.45, 7) is 4.35. The summed E-state index contributed by atoms with van der Waals surface area (Å²) >= 11 is 1.39. The summed E-state index contributed by atoms with van der Waals surface area (Å²) in [5.74, 6) is 2.13. The lowest BCUT2D eigenvalue weighted by atomic mass is 10.1. The van der Waals surface area contributed by atoms with Gasteiger partial charge in [0.2, 0.25) is 0 Å². The normalized spacial score (nSPS) is 11.5. The van der Waals surface area contributed by atoms with E-state index in [0.717, 1.165) is 21.3 Å². The molecule has 26 heavy (non-hydrogen) atoms. The fourth-order valence-electron chi connectivity index (χ4n) is 2.53. The molecule has 0 aliphatic heterocycles. The molecule has 130 valence electrons. The number of nitro groups is 1. The topological polar surface area (TPSA) is 77.5 Å². The Morgan fingerprint density at radius 2 is 1.92 bits per heavy atom. The molecule has 3 rings (SSSR count). The summed E-state index contributed by atoms with van der Waals surface area (Å²) in [5, 5.41) is 10.7. The summed E-state index contributed by atoms with van der Waals surface area (Å²) in [6, 6.07) is 9.46. The number of non-ortho nitro benzene ring substituents is 1. The fraction of sp³-hybridized carbons (Fsp3) is 0.158. The number of fused-ring (bicyclic) bond motifs is 1. The van der Waals surface area contributed by atoms with Gasteiger partial charge in [-0.05, 0) is 49.2 Å². The summed E-state index contributed by atoms with van der Waals surface area (Å²) in [7, 11) is 0. The number of terminal acetylenes is 1. The van der Waals surface area contributed by atoms with Crippen LogP contribution in [0.1, 0.15) is 21.5 Å². The van der Waals surface area contributed by atoms with Crippen LogP contribution in [0.25, 0.3) is 10.2 Å². The van der Waals surface area contributed by atoms with Crippen LogP contribution >= 0.6 is 11.3 Å². The van der Waals surface area contributed by atoms with Crippen molar-refractivity contribution in [2.45, 2.75) is 20.4 Å². The van der Waals surface area contributed by atoms with Crippen LogP contribution in [-0.2, 0) is 6.54 Å². The number of thiazole rings is 1. The first-order valence-electron chi connectivity index (χ1n) is 7.78. The molecule has 1 heterocycles. The van der Waals surface area contributed by atoms with Crippen molar-refractivity contribution in [1.82, 2.24) is 4.57 Å². The number of aromatic nitrogens is 1. The quantitative estimate of drug-likeness (QED) is 0.404. The summed E-state index contributed by atoms with van der Waals surface area (Å²) < 4.78 is 2.83. The van der Waals surface area contributed by atoms with Crippen LogP contribution in [0.5, 0.6) is 0 Å². The Morgan fingerprint density at radius 3 is 2.54 bits per heavy atom. The van der Waals surface area contributed by atoms with E-state index >= 15 is 0 Å². The second-order valence-electron chi connectivity index (χ2n) is 5.80. The highest BCUT2D eigenvalue weighted by atomic mass is 32.1. The maximum absolute atomic E-state index is 12.5. The molecule has 0 aliphatic carbocycles. The third kappa shape index (κ3) is 3.27. The van der Waals surface area contributed by atoms with Gasteiger partial charge in [0.1, 0.15) is 0 Å². The molecular formula is C19H15N3O3S. The second kappa shape index (κ2) is 6.94. The monoisotopic (exact) mass is 365 g/mol. The minimum absolute atomic E-state index is 0.0724. The van der Waals surface area contributed by atoms with E-state index in [-0.39, 0.29) is 11.3 Å². The molecule has 0 N–H and O–H groups in total. The van der Waals surface area contributed by atoms with Gasteiger partial charge in [0, 0.05) is 17.7 Å². The van der Waals surface area contributed by atoms with Gasteiger partial charge in [0.25, 0.3) is 11.6 Å². The van der Waals surface area contributed by atoms with E-state index < -0.39 is 10.8 Å². The molecule has 0 saturated carbocycles. The van der Waals surface area contributed by atoms with Gasteiger partial charge in [-0.25, -0.2) is 0 Å². The molecule has 3 aromatic rings. The van der Waals surface area contributed by atoms with Crippen molar-refractivity contribution in [1.29, 1.82) is 0 Å². The molecule has 0 aliphatic rings. The third-order valence-electron chi connectivity index (χ3n) is 4.07. The highest BCUT2D eigenvalue weighted by Gasteiger charge is 2.11. The van der Waals surface area contributed by atoms with Gasteiger partial charge >= 0.3 is 0 Å². The van der Waals surface area contributed by atoms with E-state index in [9.17, 15) is 14.9 Å². The number of carbonyl (C=O) groups excluding carboxylic acids is 1. The minimum atomic E-state index is -0.511. The van der Waals surface area contributed by atoms with E-state index in [0.29, 0.717) is 11.3 Å². The average molecular weight is 365 g/mol. The number of nitro benzene ring substituents is 1. The molecule has 1 amide bonds. The highest BCUT2D eigenvalue weighted by Crippen LogP contribution is 2.22. The molecular weight excluding hydrogens is 350 g/mol. The Hall–Kier alpha value is -3.24. The van der Waals surface area contributed by atoms with Gasteiger partial charge < -0.3 is 4.57 Å². The third-order valence-corrected chi connectivity index (χ3v) is 5.11. The van der Waals surface area contributed by atoms with Crippen molar-refractivity contribution in [3.8, 4) is 12.3 Å². The van der Waals surface area contributed by atoms with Crippen molar-refractivity contribution >= 4 is 33.1 Å². The van der Waals surface area contributed by atoms with E-state index in [2.05, 4.69) is 17.0 Å². The van der Waals surface area contributed by atoms with Crippen LogP contribution in [0.15, 0.2) is 41.4 Å². The van der Waals surface area contributed by atoms with Crippen LogP contribution in [0.4, 0.5) is 5.69 Å². The maximum atomic E-state index is 12.5. The first-order valence-corrected chi connectivity index (χ1v) is 8.60. The van der Waals surface area contributed by atoms with Crippen molar-refractivity contribution in [2.24, 2.45) is 4.99 Å². The summed E-state index contributed by atoms with van der Waals surface area (Å²) in [4.78, 5) is 27.4. The van der Waals surface area contributed by atoms with E-state index in [4.69, 9.17) is 6.42 Å². The lowest BCUT2D eigenvalue weighted by Crippen LogP contribution is -2.16. The molecule has 0 fully saturated rings. The highest BCUT2D eigenvalue weighted by molar-refractivity contribution is 7.16. The van der Waals surface area contributed by atoms with Crippen LogP contribution < -0.4 is 4.80 Å². The van der Waals surface area contributed by atoms with Gasteiger partial charge in [-0.2, -0.15) is 4.99 Å². The SMILES string of the molecule is C#CCn1c(=NC(=O)c2ccc([N+](=O)[O-])cc2)sc2cc(C)c(C)cc21. The molecule has 0 bridgehead atoms. The molecule has 0 radical (unpaired) electrons. The zero-order valence-electron chi connectivity index (χ0n) is 14.2. The molecule has 1 aromatic heterocycles. The van der Waals surface area contributed by atoms with Gasteiger partial charge in [-0.3, -0.25) is 14.9 Å². The van der Waals surface area contributed by atoms with Gasteiger partial charge in [0.15, 0.2) is 4.80 Å². The predicted molar refractivity (Wildman–Crippen MR) is 101 cm³/mol. The molecule has 0 spiro atoms. The van der Waals surface area contributed by atoms with Crippen LogP contribution in [0, 0.1) is 36.3 Å². The second-order valence-corrected chi connectivity index (χ2v) is 6.81. The lowest BCUT2D eigenvalue weighted by molar-refractivity contribution is -0.384. The van der Waals surface area contributed by atoms with Crippen LogP contribution in [-0.4, -0.2) is 15.4 Å². The number of rotatable bonds is 3. The Labute approximate surface area is 153 Å². The van der Waals surface area contributed by atoms with Crippen LogP contribution in [0.2, 0.25) is 0 Å². The summed E-state index contributed by atoms with van der Waals surface area (Å²) in [5.41, 5.74) is 3.44. The zero-order chi connectivity index (χ0) is 18.8. The number of aryl methyl sites for hydroxylation is 2. The number of benzene rings is 2. The van der Waals surface area contributed by atoms with E-state index in [1.54, 1.807) is 0 Å². The Balaban J connectivity index is 2.11. The van der Waals surface area contributed by atoms with Gasteiger partial charge in [-0.1, -0.05) is 17.3 Å². The standard InChI is InChI=1S/C19H15N3O3S/c1-4-9-21-16-10-12(2)13(3)11-17(16)26-19(21)20-18(23)14-5-7-15(8-6-14)22(24)25/h1,5-8,10-11H,9H2,2-3H3. The zero-order valence-corrected chi connectivity index (χ0v) is 15.0. The Bertz CT molecular complexity index is 1130. The van der Waals surface area contributed by atoms with Crippen molar-refractivity contribution < 1.29 is 9.72 Å². The largest absolute Gasteiger partial charge is 0.305 e. The Morgan fingerprint density at radius 1 is 1.27 bits per heavy atom. The number of hydrogen-bond donors (Lipinski definition) is 0. The molecule has 0 unspecified atom stereocenters. The predicted octanol–water partition coefficient (Wildman–Crippen LogP) is 3.60. The summed E-state index contributed by atoms with van der Waals surface area (Å²) in [6.07, 6.45) is 5.48. The molecule has 2 aromatic carbocycles. The number of nitrogens with zero attached hydrogens (tertiary/aromatic N) is 3. The van der Waals surface area contributed by atoms with Gasteiger partial charge in [-0.15, -0.1) is 6.42 Å². The smallest absolute Gasteiger partial charge is 0.279 e. The van der Waals surface area contributed by atoms with Crippen molar-refractivity contribution in [2.75, 3.05) is 0 Å². The van der Waals surface area contributed by atoms with Crippen molar-refractivity contribution in [3.63, 3.8) is 0 Å². The molecule has 0 atom stereocenters. The first kappa shape index (κ1) is 17.6. The Kier molecular flexibility index (Phi) is 4.69. The molecule has 7 heteroatoms. The van der Waals surface area contributed by atoms with E-state index in [1.165, 1.54) is 35.6 Å². The number of amides is 1.